The van der Waals surface area contributed by atoms with Gasteiger partial charge in [0.05, 0.1) is 11.4 Å². The minimum atomic E-state index is -0.336. The first kappa shape index (κ1) is 25.6. The lowest BCUT2D eigenvalue weighted by molar-refractivity contribution is -0.106. The van der Waals surface area contributed by atoms with Gasteiger partial charge in [-0.05, 0) is 73.9 Å². The Kier molecular flexibility index (Phi) is 8.93. The van der Waals surface area contributed by atoms with E-state index in [4.69, 9.17) is 16.3 Å². The highest BCUT2D eigenvalue weighted by atomic mass is 16.1. The molecule has 184 valence electrons. The molecule has 1 aliphatic carbocycles. The Labute approximate surface area is 203 Å². The molecule has 5 N–H and O–H groups in total. The van der Waals surface area contributed by atoms with Crippen LogP contribution in [0.2, 0.25) is 0 Å². The van der Waals surface area contributed by atoms with Crippen molar-refractivity contribution < 1.29 is 9.59 Å². The molecule has 1 amide bonds. The number of nitrogen functional groups attached to an aromatic ring is 1. The summed E-state index contributed by atoms with van der Waals surface area (Å²) < 4.78 is 0. The molecule has 2 fully saturated rings. The highest BCUT2D eigenvalue weighted by Crippen LogP contribution is 2.44. The molecule has 7 heteroatoms. The van der Waals surface area contributed by atoms with E-state index in [2.05, 4.69) is 41.2 Å². The summed E-state index contributed by atoms with van der Waals surface area (Å²) in [5.41, 5.74) is 16.4. The molecule has 1 unspecified atom stereocenters. The van der Waals surface area contributed by atoms with Crippen molar-refractivity contribution in [3.63, 3.8) is 0 Å². The number of para-hydroxylation sites is 2. The number of nitrogens with zero attached hydrogens (tertiary/aromatic N) is 2. The smallest absolute Gasteiger partial charge is 0.248 e. The Morgan fingerprint density at radius 1 is 1.09 bits per heavy atom. The minimum absolute atomic E-state index is 0.336. The lowest BCUT2D eigenvalue weighted by atomic mass is 9.84. The highest BCUT2D eigenvalue weighted by molar-refractivity contribution is 5.93. The van der Waals surface area contributed by atoms with Crippen molar-refractivity contribution in [3.8, 4) is 0 Å². The van der Waals surface area contributed by atoms with Crippen LogP contribution < -0.4 is 26.6 Å². The predicted octanol–water partition coefficient (Wildman–Crippen LogP) is 3.08. The van der Waals surface area contributed by atoms with Crippen molar-refractivity contribution in [2.24, 2.45) is 17.6 Å². The summed E-state index contributed by atoms with van der Waals surface area (Å²) >= 11 is 0. The molecule has 2 aromatic rings. The van der Waals surface area contributed by atoms with Gasteiger partial charge in [-0.1, -0.05) is 19.1 Å². The quantitative estimate of drug-likeness (QED) is 0.475. The van der Waals surface area contributed by atoms with Crippen molar-refractivity contribution >= 4 is 29.3 Å². The molecule has 34 heavy (non-hydrogen) atoms. The van der Waals surface area contributed by atoms with Gasteiger partial charge < -0.3 is 31.4 Å². The highest BCUT2D eigenvalue weighted by Gasteiger charge is 2.40. The number of nitrogens with one attached hydrogen (secondary N) is 1. The summed E-state index contributed by atoms with van der Waals surface area (Å²) in [6.45, 7) is 7.96. The minimum Gasteiger partial charge on any atom is -0.397 e. The normalized spacial score (nSPS) is 21.3. The fourth-order valence-electron chi connectivity index (χ4n) is 5.16. The van der Waals surface area contributed by atoms with Crippen molar-refractivity contribution in [3.05, 3.63) is 53.6 Å². The largest absolute Gasteiger partial charge is 0.397 e. The Morgan fingerprint density at radius 3 is 2.32 bits per heavy atom. The molecule has 7 nitrogen and oxygen atoms in total. The number of primary amides is 1. The second kappa shape index (κ2) is 11.9. The van der Waals surface area contributed by atoms with Crippen molar-refractivity contribution in [1.29, 1.82) is 0 Å². The van der Waals surface area contributed by atoms with E-state index < -0.39 is 0 Å². The number of carbonyl (C=O) groups excluding carboxylic acids is 2. The van der Waals surface area contributed by atoms with Crippen LogP contribution in [0.5, 0.6) is 0 Å². The SMILES string of the molecule is CC1Cc2cc(C(N)=O)ccc2N(C)[C@H]1C1CC1.CC=O.Nc1ccccc1N1CCNCC1. The van der Waals surface area contributed by atoms with Crippen molar-refractivity contribution in [2.75, 3.05) is 48.8 Å². The summed E-state index contributed by atoms with van der Waals surface area (Å²) in [5, 5.41) is 3.32. The maximum absolute atomic E-state index is 11.2. The summed E-state index contributed by atoms with van der Waals surface area (Å²) in [5.74, 6) is 1.18. The van der Waals surface area contributed by atoms with Gasteiger partial charge in [0.2, 0.25) is 5.91 Å². The first-order valence-electron chi connectivity index (χ1n) is 12.2. The Balaban J connectivity index is 0.000000178. The molecule has 3 aliphatic rings. The summed E-state index contributed by atoms with van der Waals surface area (Å²) in [7, 11) is 2.18. The van der Waals surface area contributed by atoms with E-state index in [1.807, 2.05) is 30.3 Å². The topological polar surface area (TPSA) is 105 Å². The summed E-state index contributed by atoms with van der Waals surface area (Å²) in [6.07, 6.45) is 4.55. The fourth-order valence-corrected chi connectivity index (χ4v) is 5.16. The Morgan fingerprint density at radius 2 is 1.74 bits per heavy atom. The van der Waals surface area contributed by atoms with Crippen LogP contribution in [-0.2, 0) is 11.2 Å². The number of anilines is 3. The van der Waals surface area contributed by atoms with Crippen LogP contribution in [0.15, 0.2) is 42.5 Å². The zero-order valence-corrected chi connectivity index (χ0v) is 20.7. The van der Waals surface area contributed by atoms with E-state index in [0.29, 0.717) is 17.5 Å². The van der Waals surface area contributed by atoms with E-state index in [9.17, 15) is 4.79 Å². The van der Waals surface area contributed by atoms with Crippen LogP contribution in [0.25, 0.3) is 0 Å². The van der Waals surface area contributed by atoms with E-state index >= 15 is 0 Å². The van der Waals surface area contributed by atoms with Gasteiger partial charge in [-0.15, -0.1) is 0 Å². The average molecular weight is 466 g/mol. The Bertz CT molecular complexity index is 969. The number of nitrogens with two attached hydrogens (primary N) is 2. The molecular weight excluding hydrogens is 426 g/mol. The number of rotatable bonds is 3. The number of carbonyl (C=O) groups is 2. The van der Waals surface area contributed by atoms with Crippen LogP contribution in [0, 0.1) is 11.8 Å². The molecule has 5 rings (SSSR count). The molecule has 2 aromatic carbocycles. The third-order valence-corrected chi connectivity index (χ3v) is 6.82. The standard InChI is InChI=1S/C15H20N2O.C10H15N3.C2H4O/c1-9-7-12-8-11(15(16)18)5-6-13(12)17(2)14(9)10-3-4-10;11-9-3-1-2-4-10(9)13-7-5-12-6-8-13;1-2-3/h5-6,8-10,14H,3-4,7H2,1-2H3,(H2,16,18);1-4,12H,5-8,11H2;2H,1H3/t9?,14-;;/m1../s1. The molecular formula is C27H39N5O2. The van der Waals surface area contributed by atoms with Gasteiger partial charge in [-0.2, -0.15) is 0 Å². The molecule has 0 spiro atoms. The van der Waals surface area contributed by atoms with Gasteiger partial charge in [0, 0.05) is 50.5 Å². The molecule has 2 atom stereocenters. The number of amides is 1. The van der Waals surface area contributed by atoms with Gasteiger partial charge >= 0.3 is 0 Å². The maximum atomic E-state index is 11.2. The van der Waals surface area contributed by atoms with Crippen molar-refractivity contribution in [2.45, 2.75) is 39.2 Å². The molecule has 1 saturated carbocycles. The first-order valence-corrected chi connectivity index (χ1v) is 12.2. The maximum Gasteiger partial charge on any atom is 0.248 e. The lowest BCUT2D eigenvalue weighted by Crippen LogP contribution is -2.43. The lowest BCUT2D eigenvalue weighted by Gasteiger charge is -2.41. The number of hydrogen-bond donors (Lipinski definition) is 3. The molecule has 1 saturated heterocycles. The zero-order chi connectivity index (χ0) is 24.7. The van der Waals surface area contributed by atoms with Crippen LogP contribution >= 0.6 is 0 Å². The van der Waals surface area contributed by atoms with Gasteiger partial charge in [0.1, 0.15) is 6.29 Å². The number of piperazine rings is 1. The molecule has 2 aliphatic heterocycles. The van der Waals surface area contributed by atoms with E-state index in [0.717, 1.165) is 50.5 Å². The number of fused-ring (bicyclic) bond motifs is 1. The molecule has 0 bridgehead atoms. The van der Waals surface area contributed by atoms with Crippen LogP contribution in [0.1, 0.15) is 42.6 Å². The van der Waals surface area contributed by atoms with Crippen LogP contribution in [-0.4, -0.2) is 51.5 Å². The van der Waals surface area contributed by atoms with Gasteiger partial charge in [0.25, 0.3) is 0 Å². The summed E-state index contributed by atoms with van der Waals surface area (Å²) in [4.78, 5) is 24.8. The Hall–Kier alpha value is -3.06. The van der Waals surface area contributed by atoms with E-state index in [1.54, 1.807) is 0 Å². The van der Waals surface area contributed by atoms with Gasteiger partial charge in [-0.3, -0.25) is 4.79 Å². The number of hydrogen-bond acceptors (Lipinski definition) is 6. The van der Waals surface area contributed by atoms with E-state index in [1.165, 1.54) is 36.7 Å². The van der Waals surface area contributed by atoms with Gasteiger partial charge in [-0.25, -0.2) is 0 Å². The molecule has 0 radical (unpaired) electrons. The van der Waals surface area contributed by atoms with Crippen LogP contribution in [0.3, 0.4) is 0 Å². The zero-order valence-electron chi connectivity index (χ0n) is 20.7. The number of aldehydes is 1. The first-order chi connectivity index (χ1) is 16.4. The van der Waals surface area contributed by atoms with Gasteiger partial charge in [0.15, 0.2) is 0 Å². The molecule has 2 heterocycles. The summed E-state index contributed by atoms with van der Waals surface area (Å²) in [6, 6.07) is 14.6. The third kappa shape index (κ3) is 6.29. The second-order valence-corrected chi connectivity index (χ2v) is 9.36. The molecule has 0 aromatic heterocycles. The fraction of sp³-hybridized carbons (Fsp3) is 0.481. The third-order valence-electron chi connectivity index (χ3n) is 6.82. The van der Waals surface area contributed by atoms with Crippen molar-refractivity contribution in [1.82, 2.24) is 5.32 Å². The van der Waals surface area contributed by atoms with Crippen LogP contribution in [0.4, 0.5) is 17.1 Å². The predicted molar refractivity (Wildman–Crippen MR) is 140 cm³/mol. The monoisotopic (exact) mass is 465 g/mol. The second-order valence-electron chi connectivity index (χ2n) is 9.36. The average Bonchev–Trinajstić information content (AvgIpc) is 3.66. The van der Waals surface area contributed by atoms with E-state index in [-0.39, 0.29) is 5.91 Å². The number of benzene rings is 2.